The lowest BCUT2D eigenvalue weighted by Gasteiger charge is -2.15. The molecular formula is C32H31N5O5. The average Bonchev–Trinajstić information content (AvgIpc) is 3.39. The van der Waals surface area contributed by atoms with Crippen molar-refractivity contribution < 1.29 is 23.6 Å². The Hall–Kier alpha value is -4.99. The maximum Gasteiger partial charge on any atom is 0.287 e. The molecule has 1 fully saturated rings. The number of carbonyl (C=O) groups is 4. The summed E-state index contributed by atoms with van der Waals surface area (Å²) in [5, 5.41) is 5.39. The molecule has 214 valence electrons. The number of rotatable bonds is 10. The lowest BCUT2D eigenvalue weighted by molar-refractivity contribution is -0.122. The van der Waals surface area contributed by atoms with Gasteiger partial charge >= 0.3 is 0 Å². The summed E-state index contributed by atoms with van der Waals surface area (Å²) in [6, 6.07) is 13.9. The summed E-state index contributed by atoms with van der Waals surface area (Å²) in [5.74, 6) is 0.0141. The second kappa shape index (κ2) is 11.5. The van der Waals surface area contributed by atoms with Crippen molar-refractivity contribution in [3.05, 3.63) is 95.7 Å². The second-order valence-electron chi connectivity index (χ2n) is 10.7. The number of aromatic nitrogens is 2. The zero-order valence-electron chi connectivity index (χ0n) is 23.2. The Morgan fingerprint density at radius 2 is 1.83 bits per heavy atom. The first-order valence-electron chi connectivity index (χ1n) is 14.1. The van der Waals surface area contributed by atoms with E-state index in [1.807, 2.05) is 36.4 Å². The highest BCUT2D eigenvalue weighted by Gasteiger charge is 2.37. The number of aryl methyl sites for hydroxylation is 1. The third-order valence-corrected chi connectivity index (χ3v) is 7.68. The number of Topliss-reactive ketones (excluding diaryl/α,β-unsaturated/α-hetero) is 1. The fourth-order valence-corrected chi connectivity index (χ4v) is 5.16. The van der Waals surface area contributed by atoms with E-state index in [9.17, 15) is 19.2 Å². The zero-order chi connectivity index (χ0) is 29.2. The largest absolute Gasteiger partial charge is 0.451 e. The molecule has 0 unspecified atom stereocenters. The van der Waals surface area contributed by atoms with E-state index in [1.165, 1.54) is 0 Å². The van der Waals surface area contributed by atoms with Crippen LogP contribution in [-0.4, -0.2) is 64.0 Å². The number of hydrogen-bond donors (Lipinski definition) is 2. The molecule has 2 N–H and O–H groups in total. The van der Waals surface area contributed by atoms with E-state index in [4.69, 9.17) is 4.42 Å². The maximum absolute atomic E-state index is 13.0. The molecule has 0 radical (unpaired) electrons. The summed E-state index contributed by atoms with van der Waals surface area (Å²) >= 11 is 0. The van der Waals surface area contributed by atoms with Crippen LogP contribution in [0.3, 0.4) is 0 Å². The molecule has 10 nitrogen and oxygen atoms in total. The van der Waals surface area contributed by atoms with Crippen molar-refractivity contribution in [2.45, 2.75) is 31.7 Å². The highest BCUT2D eigenvalue weighted by molar-refractivity contribution is 5.97. The quantitative estimate of drug-likeness (QED) is 0.223. The summed E-state index contributed by atoms with van der Waals surface area (Å²) in [5.41, 5.74) is 3.22. The van der Waals surface area contributed by atoms with Crippen molar-refractivity contribution in [1.82, 2.24) is 24.9 Å². The van der Waals surface area contributed by atoms with Crippen LogP contribution in [0, 0.1) is 5.92 Å². The van der Waals surface area contributed by atoms with Gasteiger partial charge in [-0.3, -0.25) is 19.2 Å². The predicted molar refractivity (Wildman–Crippen MR) is 155 cm³/mol. The number of ketones is 1. The van der Waals surface area contributed by atoms with Gasteiger partial charge in [-0.05, 0) is 61.1 Å². The van der Waals surface area contributed by atoms with E-state index in [-0.39, 0.29) is 35.7 Å². The van der Waals surface area contributed by atoms with E-state index in [0.717, 1.165) is 24.0 Å². The number of benzene rings is 1. The fraction of sp³-hybridized carbons (Fsp3) is 0.281. The van der Waals surface area contributed by atoms with Gasteiger partial charge in [0.2, 0.25) is 5.91 Å². The molecule has 0 spiro atoms. The molecule has 42 heavy (non-hydrogen) atoms. The van der Waals surface area contributed by atoms with Crippen molar-refractivity contribution in [1.29, 1.82) is 0 Å². The number of likely N-dealkylation sites (N-methyl/N-ethyl adjacent to an activating group) is 1. The summed E-state index contributed by atoms with van der Waals surface area (Å²) in [4.78, 5) is 56.8. The highest BCUT2D eigenvalue weighted by Crippen LogP contribution is 2.33. The Balaban J connectivity index is 1.09. The Bertz CT molecular complexity index is 1700. The van der Waals surface area contributed by atoms with E-state index in [1.54, 1.807) is 53.0 Å². The normalized spacial score (nSPS) is 15.1. The Labute approximate surface area is 242 Å². The van der Waals surface area contributed by atoms with E-state index in [0.29, 0.717) is 42.2 Å². The third-order valence-electron chi connectivity index (χ3n) is 7.68. The van der Waals surface area contributed by atoms with Gasteiger partial charge in [0.25, 0.3) is 11.8 Å². The van der Waals surface area contributed by atoms with Crippen molar-refractivity contribution in [3.8, 4) is 11.3 Å². The van der Waals surface area contributed by atoms with Crippen molar-refractivity contribution in [3.63, 3.8) is 0 Å². The number of nitrogens with one attached hydrogen (secondary N) is 2. The first-order chi connectivity index (χ1) is 20.4. The minimum Gasteiger partial charge on any atom is -0.451 e. The van der Waals surface area contributed by atoms with Crippen LogP contribution in [0.1, 0.15) is 56.2 Å². The standard InChI is InChI=1S/C32H31N5O5/c1-33-31(40)29(21-8-9-21)35-30(39)27-13-12-26(42-27)22-6-4-5-20(17-22)7-11-25(38)24-19-37-18-23(10-14-28(37)34-24)32(41)36-15-2-3-16-36/h2-6,10,12-14,17-19,21,29H,7-9,11,15-16H2,1H3,(H,33,40)(H,35,39)/t29-/m0/s1. The lowest BCUT2D eigenvalue weighted by Crippen LogP contribution is -2.47. The van der Waals surface area contributed by atoms with Crippen LogP contribution in [0.4, 0.5) is 0 Å². The number of imidazole rings is 1. The number of fused-ring (bicyclic) bond motifs is 1. The minimum atomic E-state index is -0.568. The average molecular weight is 566 g/mol. The number of carbonyl (C=O) groups excluding carboxylic acids is 4. The van der Waals surface area contributed by atoms with Gasteiger partial charge in [0.1, 0.15) is 23.1 Å². The summed E-state index contributed by atoms with van der Waals surface area (Å²) in [6.07, 6.45) is 9.88. The molecular weight excluding hydrogens is 534 g/mol. The molecule has 1 aliphatic carbocycles. The van der Waals surface area contributed by atoms with Gasteiger partial charge in [-0.1, -0.05) is 30.4 Å². The molecule has 2 aliphatic rings. The van der Waals surface area contributed by atoms with Crippen LogP contribution in [-0.2, 0) is 11.2 Å². The van der Waals surface area contributed by atoms with Crippen LogP contribution < -0.4 is 10.6 Å². The van der Waals surface area contributed by atoms with Crippen molar-refractivity contribution >= 4 is 29.2 Å². The molecule has 10 heteroatoms. The summed E-state index contributed by atoms with van der Waals surface area (Å²) in [6.45, 7) is 1.20. The van der Waals surface area contributed by atoms with Crippen LogP contribution in [0.15, 0.2) is 77.5 Å². The van der Waals surface area contributed by atoms with Gasteiger partial charge in [0.15, 0.2) is 11.5 Å². The summed E-state index contributed by atoms with van der Waals surface area (Å²) < 4.78 is 7.55. The van der Waals surface area contributed by atoms with E-state index in [2.05, 4.69) is 15.6 Å². The Kier molecular flexibility index (Phi) is 7.43. The second-order valence-corrected chi connectivity index (χ2v) is 10.7. The van der Waals surface area contributed by atoms with Crippen LogP contribution in [0.2, 0.25) is 0 Å². The number of nitrogens with zero attached hydrogens (tertiary/aromatic N) is 3. The fourth-order valence-electron chi connectivity index (χ4n) is 5.16. The minimum absolute atomic E-state index is 0.0565. The molecule has 3 aromatic heterocycles. The SMILES string of the molecule is CNC(=O)[C@@H](NC(=O)c1ccc(-c2cccc(CCC(=O)c3cn4cc(C(=O)N5CC=CC5)ccc4n3)c2)o1)C1CC1. The predicted octanol–water partition coefficient (Wildman–Crippen LogP) is 3.68. The lowest BCUT2D eigenvalue weighted by atomic mass is 10.0. The number of amides is 3. The molecule has 3 amide bonds. The van der Waals surface area contributed by atoms with Crippen molar-refractivity contribution in [2.75, 3.05) is 20.1 Å². The molecule has 1 atom stereocenters. The molecule has 0 saturated heterocycles. The molecule has 1 saturated carbocycles. The Morgan fingerprint density at radius 3 is 2.60 bits per heavy atom. The first kappa shape index (κ1) is 27.2. The Morgan fingerprint density at radius 1 is 1.02 bits per heavy atom. The molecule has 4 aromatic rings. The van der Waals surface area contributed by atoms with Gasteiger partial charge < -0.3 is 24.4 Å². The highest BCUT2D eigenvalue weighted by atomic mass is 16.4. The van der Waals surface area contributed by atoms with Crippen LogP contribution in [0.25, 0.3) is 17.0 Å². The van der Waals surface area contributed by atoms with Gasteiger partial charge in [-0.15, -0.1) is 0 Å². The number of hydrogen-bond acceptors (Lipinski definition) is 6. The molecule has 1 aliphatic heterocycles. The van der Waals surface area contributed by atoms with Gasteiger partial charge in [0.05, 0.1) is 5.56 Å². The third kappa shape index (κ3) is 5.74. The van der Waals surface area contributed by atoms with E-state index < -0.39 is 11.9 Å². The molecule has 1 aromatic carbocycles. The van der Waals surface area contributed by atoms with E-state index >= 15 is 0 Å². The number of furan rings is 1. The van der Waals surface area contributed by atoms with Gasteiger partial charge in [0, 0.05) is 44.5 Å². The first-order valence-corrected chi connectivity index (χ1v) is 14.1. The zero-order valence-corrected chi connectivity index (χ0v) is 23.2. The molecule has 0 bridgehead atoms. The molecule has 4 heterocycles. The van der Waals surface area contributed by atoms with Gasteiger partial charge in [-0.25, -0.2) is 4.98 Å². The van der Waals surface area contributed by atoms with Crippen LogP contribution >= 0.6 is 0 Å². The topological polar surface area (TPSA) is 126 Å². The van der Waals surface area contributed by atoms with Crippen LogP contribution in [0.5, 0.6) is 0 Å². The molecule has 6 rings (SSSR count). The smallest absolute Gasteiger partial charge is 0.287 e. The van der Waals surface area contributed by atoms with Gasteiger partial charge in [-0.2, -0.15) is 0 Å². The number of pyridine rings is 1. The monoisotopic (exact) mass is 565 g/mol. The summed E-state index contributed by atoms with van der Waals surface area (Å²) in [7, 11) is 1.56. The van der Waals surface area contributed by atoms with Crippen molar-refractivity contribution in [2.24, 2.45) is 5.92 Å². The maximum atomic E-state index is 13.0.